The minimum Gasteiger partial charge on any atom is -0.352 e. The second-order valence-corrected chi connectivity index (χ2v) is 6.87. The van der Waals surface area contributed by atoms with Crippen LogP contribution in [0.2, 0.25) is 0 Å². The molecule has 2 rings (SSSR count). The molecule has 1 aromatic rings. The molecular formula is C16H22FN3O2S. The maximum Gasteiger partial charge on any atom is 0.234 e. The van der Waals surface area contributed by atoms with E-state index in [0.29, 0.717) is 5.69 Å². The van der Waals surface area contributed by atoms with Gasteiger partial charge in [-0.3, -0.25) is 9.59 Å². The average molecular weight is 339 g/mol. The summed E-state index contributed by atoms with van der Waals surface area (Å²) < 4.78 is 12.8. The van der Waals surface area contributed by atoms with Crippen LogP contribution >= 0.6 is 11.8 Å². The first-order valence-electron chi connectivity index (χ1n) is 7.72. The molecule has 1 heterocycles. The Labute approximate surface area is 139 Å². The largest absolute Gasteiger partial charge is 0.352 e. The predicted octanol–water partition coefficient (Wildman–Crippen LogP) is 1.75. The first-order valence-corrected chi connectivity index (χ1v) is 8.77. The summed E-state index contributed by atoms with van der Waals surface area (Å²) in [7, 11) is 0. The zero-order valence-corrected chi connectivity index (χ0v) is 13.9. The molecule has 1 atom stereocenters. The number of piperidine rings is 1. The lowest BCUT2D eigenvalue weighted by Gasteiger charge is -2.25. The zero-order chi connectivity index (χ0) is 16.7. The summed E-state index contributed by atoms with van der Waals surface area (Å²) in [5, 5.41) is 8.67. The topological polar surface area (TPSA) is 70.2 Å². The van der Waals surface area contributed by atoms with Crippen LogP contribution in [0.1, 0.15) is 19.8 Å². The summed E-state index contributed by atoms with van der Waals surface area (Å²) in [5.41, 5.74) is 0.545. The van der Waals surface area contributed by atoms with Crippen LogP contribution in [0.25, 0.3) is 0 Å². The minimum atomic E-state index is -0.347. The van der Waals surface area contributed by atoms with Crippen molar-refractivity contribution in [1.29, 1.82) is 0 Å². The van der Waals surface area contributed by atoms with E-state index in [9.17, 15) is 14.0 Å². The van der Waals surface area contributed by atoms with E-state index in [-0.39, 0.29) is 34.7 Å². The highest BCUT2D eigenvalue weighted by molar-refractivity contribution is 8.01. The Hall–Kier alpha value is -1.60. The molecule has 0 aromatic heterocycles. The summed E-state index contributed by atoms with van der Waals surface area (Å²) >= 11 is 1.29. The fraction of sp³-hybridized carbons (Fsp3) is 0.500. The lowest BCUT2D eigenvalue weighted by Crippen LogP contribution is -2.45. The first-order chi connectivity index (χ1) is 11.0. The SMILES string of the molecule is CC(SCC(=O)Nc1ccc(F)cc1)C(=O)NC1CCNCC1. The number of thioether (sulfide) groups is 1. The maximum atomic E-state index is 12.8. The van der Waals surface area contributed by atoms with Crippen molar-refractivity contribution in [2.75, 3.05) is 24.2 Å². The molecule has 0 aliphatic carbocycles. The molecule has 5 nitrogen and oxygen atoms in total. The highest BCUT2D eigenvalue weighted by Crippen LogP contribution is 2.14. The number of anilines is 1. The number of rotatable bonds is 6. The lowest BCUT2D eigenvalue weighted by molar-refractivity contribution is -0.121. The lowest BCUT2D eigenvalue weighted by atomic mass is 10.1. The van der Waals surface area contributed by atoms with Crippen molar-refractivity contribution in [2.45, 2.75) is 31.1 Å². The molecule has 0 radical (unpaired) electrons. The van der Waals surface area contributed by atoms with Crippen LogP contribution in [-0.2, 0) is 9.59 Å². The molecule has 1 aromatic carbocycles. The van der Waals surface area contributed by atoms with Gasteiger partial charge in [0.15, 0.2) is 0 Å². The number of carbonyl (C=O) groups excluding carboxylic acids is 2. The maximum absolute atomic E-state index is 12.8. The molecule has 0 spiro atoms. The highest BCUT2D eigenvalue weighted by atomic mass is 32.2. The summed E-state index contributed by atoms with van der Waals surface area (Å²) in [6.07, 6.45) is 1.88. The van der Waals surface area contributed by atoms with E-state index >= 15 is 0 Å². The predicted molar refractivity (Wildman–Crippen MR) is 91.0 cm³/mol. The van der Waals surface area contributed by atoms with Crippen molar-refractivity contribution in [3.63, 3.8) is 0 Å². The zero-order valence-electron chi connectivity index (χ0n) is 13.1. The molecule has 1 saturated heterocycles. The summed E-state index contributed by atoms with van der Waals surface area (Å²) in [6.45, 7) is 3.64. The summed E-state index contributed by atoms with van der Waals surface area (Å²) in [4.78, 5) is 23.9. The molecule has 3 N–H and O–H groups in total. The summed E-state index contributed by atoms with van der Waals surface area (Å²) in [5.74, 6) is -0.404. The number of benzene rings is 1. The third kappa shape index (κ3) is 6.19. The molecule has 7 heteroatoms. The van der Waals surface area contributed by atoms with E-state index in [4.69, 9.17) is 0 Å². The van der Waals surface area contributed by atoms with Gasteiger partial charge < -0.3 is 16.0 Å². The van der Waals surface area contributed by atoms with Crippen molar-refractivity contribution < 1.29 is 14.0 Å². The quantitative estimate of drug-likeness (QED) is 0.739. The third-order valence-corrected chi connectivity index (χ3v) is 4.79. The van der Waals surface area contributed by atoms with E-state index < -0.39 is 0 Å². The fourth-order valence-electron chi connectivity index (χ4n) is 2.29. The number of halogens is 1. The second-order valence-electron chi connectivity index (χ2n) is 5.54. The van der Waals surface area contributed by atoms with Gasteiger partial charge in [-0.25, -0.2) is 4.39 Å². The van der Waals surface area contributed by atoms with Crippen molar-refractivity contribution >= 4 is 29.3 Å². The van der Waals surface area contributed by atoms with Crippen LogP contribution in [0, 0.1) is 5.82 Å². The normalized spacial score (nSPS) is 16.6. The molecule has 126 valence electrons. The molecule has 1 aliphatic rings. The highest BCUT2D eigenvalue weighted by Gasteiger charge is 2.20. The number of hydrogen-bond donors (Lipinski definition) is 3. The van der Waals surface area contributed by atoms with Gasteiger partial charge in [-0.15, -0.1) is 11.8 Å². The average Bonchev–Trinajstić information content (AvgIpc) is 2.55. The Morgan fingerprint density at radius 3 is 2.61 bits per heavy atom. The summed E-state index contributed by atoms with van der Waals surface area (Å²) in [6, 6.07) is 5.81. The number of hydrogen-bond acceptors (Lipinski definition) is 4. The minimum absolute atomic E-state index is 0.0310. The van der Waals surface area contributed by atoms with E-state index in [2.05, 4.69) is 16.0 Å². The standard InChI is InChI=1S/C16H22FN3O2S/c1-11(16(22)20-14-6-8-18-9-7-14)23-10-15(21)19-13-4-2-12(17)3-5-13/h2-5,11,14,18H,6-10H2,1H3,(H,19,21)(H,20,22). The van der Waals surface area contributed by atoms with Gasteiger partial charge in [-0.05, 0) is 57.1 Å². The van der Waals surface area contributed by atoms with Gasteiger partial charge in [0.25, 0.3) is 0 Å². The smallest absolute Gasteiger partial charge is 0.234 e. The third-order valence-electron chi connectivity index (χ3n) is 3.65. The van der Waals surface area contributed by atoms with E-state index in [1.807, 2.05) is 0 Å². The van der Waals surface area contributed by atoms with Crippen molar-refractivity contribution in [1.82, 2.24) is 10.6 Å². The van der Waals surface area contributed by atoms with Crippen LogP contribution in [0.5, 0.6) is 0 Å². The molecule has 2 amide bonds. The van der Waals surface area contributed by atoms with Crippen molar-refractivity contribution in [3.05, 3.63) is 30.1 Å². The van der Waals surface area contributed by atoms with Crippen LogP contribution in [0.4, 0.5) is 10.1 Å². The van der Waals surface area contributed by atoms with Crippen molar-refractivity contribution in [3.8, 4) is 0 Å². The number of nitrogens with one attached hydrogen (secondary N) is 3. The van der Waals surface area contributed by atoms with Crippen LogP contribution in [-0.4, -0.2) is 41.9 Å². The molecule has 1 aliphatic heterocycles. The van der Waals surface area contributed by atoms with Gasteiger partial charge in [0.05, 0.1) is 11.0 Å². The first kappa shape index (κ1) is 17.7. The van der Waals surface area contributed by atoms with E-state index in [1.165, 1.54) is 36.0 Å². The molecule has 0 saturated carbocycles. The van der Waals surface area contributed by atoms with Gasteiger partial charge in [0.2, 0.25) is 11.8 Å². The Morgan fingerprint density at radius 2 is 1.96 bits per heavy atom. The van der Waals surface area contributed by atoms with Crippen LogP contribution in [0.3, 0.4) is 0 Å². The van der Waals surface area contributed by atoms with Crippen LogP contribution < -0.4 is 16.0 Å². The molecule has 1 fully saturated rings. The van der Waals surface area contributed by atoms with E-state index in [1.54, 1.807) is 6.92 Å². The van der Waals surface area contributed by atoms with Gasteiger partial charge in [0, 0.05) is 11.7 Å². The monoisotopic (exact) mass is 339 g/mol. The number of amides is 2. The Kier molecular flexibility index (Phi) is 6.85. The Bertz CT molecular complexity index is 533. The number of carbonyl (C=O) groups is 2. The van der Waals surface area contributed by atoms with Crippen LogP contribution in [0.15, 0.2) is 24.3 Å². The van der Waals surface area contributed by atoms with E-state index in [0.717, 1.165) is 25.9 Å². The Morgan fingerprint density at radius 1 is 1.30 bits per heavy atom. The van der Waals surface area contributed by atoms with Gasteiger partial charge >= 0.3 is 0 Å². The molecular weight excluding hydrogens is 317 g/mol. The Balaban J connectivity index is 1.70. The molecule has 23 heavy (non-hydrogen) atoms. The van der Waals surface area contributed by atoms with Gasteiger partial charge in [-0.1, -0.05) is 0 Å². The molecule has 0 bridgehead atoms. The van der Waals surface area contributed by atoms with Gasteiger partial charge in [0.1, 0.15) is 5.82 Å². The molecule has 1 unspecified atom stereocenters. The second kappa shape index (κ2) is 8.88. The fourth-order valence-corrected chi connectivity index (χ4v) is 2.98. The van der Waals surface area contributed by atoms with Crippen molar-refractivity contribution in [2.24, 2.45) is 0 Å². The van der Waals surface area contributed by atoms with Gasteiger partial charge in [-0.2, -0.15) is 0 Å².